The van der Waals surface area contributed by atoms with Crippen molar-refractivity contribution in [2.24, 2.45) is 5.92 Å². The molecule has 0 aromatic heterocycles. The van der Waals surface area contributed by atoms with Gasteiger partial charge in [-0.25, -0.2) is 0 Å². The van der Waals surface area contributed by atoms with Crippen LogP contribution in [0.2, 0.25) is 0 Å². The van der Waals surface area contributed by atoms with E-state index in [2.05, 4.69) is 0 Å². The maximum Gasteiger partial charge on any atom is 0.271 e. The molecule has 0 spiro atoms. The van der Waals surface area contributed by atoms with E-state index in [1.807, 2.05) is 92.7 Å². The third-order valence-corrected chi connectivity index (χ3v) is 6.37. The molecule has 0 unspecified atom stereocenters. The summed E-state index contributed by atoms with van der Waals surface area (Å²) in [7, 11) is 3.24. The highest BCUT2D eigenvalue weighted by molar-refractivity contribution is 6.07. The molecule has 1 saturated heterocycles. The van der Waals surface area contributed by atoms with Gasteiger partial charge in [0.2, 0.25) is 0 Å². The van der Waals surface area contributed by atoms with Gasteiger partial charge in [-0.3, -0.25) is 9.59 Å². The molecule has 0 bridgehead atoms. The van der Waals surface area contributed by atoms with Crippen LogP contribution in [0.15, 0.2) is 84.6 Å². The van der Waals surface area contributed by atoms with Gasteiger partial charge in [-0.2, -0.15) is 0 Å². The number of piperazine rings is 1. The van der Waals surface area contributed by atoms with E-state index in [1.54, 1.807) is 30.1 Å². The maximum absolute atomic E-state index is 14.0. The van der Waals surface area contributed by atoms with Crippen LogP contribution in [-0.4, -0.2) is 41.9 Å². The maximum atomic E-state index is 14.0. The lowest BCUT2D eigenvalue weighted by Gasteiger charge is -2.43. The van der Waals surface area contributed by atoms with Crippen molar-refractivity contribution < 1.29 is 19.1 Å². The quantitative estimate of drug-likeness (QED) is 0.416. The Morgan fingerprint density at radius 1 is 0.778 bits per heavy atom. The van der Waals surface area contributed by atoms with E-state index >= 15 is 0 Å². The highest BCUT2D eigenvalue weighted by Gasteiger charge is 2.44. The fourth-order valence-electron chi connectivity index (χ4n) is 4.47. The summed E-state index contributed by atoms with van der Waals surface area (Å²) in [4.78, 5) is 31.4. The number of benzene rings is 3. The van der Waals surface area contributed by atoms with Crippen molar-refractivity contribution in [1.29, 1.82) is 0 Å². The second kappa shape index (κ2) is 11.1. The smallest absolute Gasteiger partial charge is 0.271 e. The van der Waals surface area contributed by atoms with Gasteiger partial charge in [0, 0.05) is 6.54 Å². The van der Waals surface area contributed by atoms with E-state index in [1.165, 1.54) is 0 Å². The number of nitrogens with zero attached hydrogens (tertiary/aromatic N) is 2. The molecular formula is C30H32N2O4. The van der Waals surface area contributed by atoms with Gasteiger partial charge < -0.3 is 19.3 Å². The van der Waals surface area contributed by atoms with E-state index in [0.717, 1.165) is 28.2 Å². The Bertz CT molecular complexity index is 1220. The summed E-state index contributed by atoms with van der Waals surface area (Å²) in [6.45, 7) is 4.59. The molecule has 4 rings (SSSR count). The summed E-state index contributed by atoms with van der Waals surface area (Å²) >= 11 is 0. The minimum Gasteiger partial charge on any atom is -0.497 e. The highest BCUT2D eigenvalue weighted by atomic mass is 16.5. The Morgan fingerprint density at radius 2 is 1.31 bits per heavy atom. The number of carbonyl (C=O) groups is 2. The Hall–Kier alpha value is -4.06. The first-order valence-corrected chi connectivity index (χ1v) is 12.1. The molecule has 1 aliphatic heterocycles. The number of methoxy groups -OCH3 is 2. The van der Waals surface area contributed by atoms with Crippen molar-refractivity contribution in [1.82, 2.24) is 9.80 Å². The molecular weight excluding hydrogens is 452 g/mol. The fraction of sp³-hybridized carbons (Fsp3) is 0.267. The van der Waals surface area contributed by atoms with Gasteiger partial charge in [-0.05, 0) is 52.9 Å². The van der Waals surface area contributed by atoms with Gasteiger partial charge in [0.1, 0.15) is 23.2 Å². The second-order valence-corrected chi connectivity index (χ2v) is 9.18. The van der Waals surface area contributed by atoms with Crippen LogP contribution in [0.25, 0.3) is 6.08 Å². The van der Waals surface area contributed by atoms with E-state index in [0.29, 0.717) is 18.8 Å². The lowest BCUT2D eigenvalue weighted by Crippen LogP contribution is -2.59. The lowest BCUT2D eigenvalue weighted by molar-refractivity contribution is -0.154. The zero-order valence-electron chi connectivity index (χ0n) is 21.2. The number of amides is 2. The van der Waals surface area contributed by atoms with Crippen LogP contribution in [0.1, 0.15) is 30.5 Å². The molecule has 0 saturated carbocycles. The summed E-state index contributed by atoms with van der Waals surface area (Å²) in [5.41, 5.74) is 3.08. The molecule has 1 fully saturated rings. The zero-order chi connectivity index (χ0) is 25.7. The Balaban J connectivity index is 1.74. The first-order valence-electron chi connectivity index (χ1n) is 12.1. The molecule has 1 atom stereocenters. The van der Waals surface area contributed by atoms with Crippen molar-refractivity contribution >= 4 is 17.9 Å². The van der Waals surface area contributed by atoms with Gasteiger partial charge in [0.15, 0.2) is 0 Å². The SMILES string of the molecule is COc1ccc(CN2C(=O)[C@H](C(C)C)N(Cc3ccc(OC)cc3)C(=O)/C2=C/c2ccccc2)cc1. The van der Waals surface area contributed by atoms with E-state index < -0.39 is 6.04 Å². The minimum atomic E-state index is -0.578. The average Bonchev–Trinajstić information content (AvgIpc) is 2.90. The summed E-state index contributed by atoms with van der Waals surface area (Å²) in [5.74, 6) is 1.18. The van der Waals surface area contributed by atoms with Crippen molar-refractivity contribution in [3.8, 4) is 11.5 Å². The van der Waals surface area contributed by atoms with Gasteiger partial charge >= 0.3 is 0 Å². The number of ether oxygens (including phenoxy) is 2. The van der Waals surface area contributed by atoms with Gasteiger partial charge in [-0.15, -0.1) is 0 Å². The zero-order valence-corrected chi connectivity index (χ0v) is 21.2. The highest BCUT2D eigenvalue weighted by Crippen LogP contribution is 2.31. The molecule has 2 amide bonds. The normalized spacial score (nSPS) is 17.1. The number of carbonyl (C=O) groups excluding carboxylic acids is 2. The number of hydrogen-bond acceptors (Lipinski definition) is 4. The van der Waals surface area contributed by atoms with Crippen LogP contribution in [0, 0.1) is 5.92 Å². The molecule has 186 valence electrons. The van der Waals surface area contributed by atoms with Gasteiger partial charge in [-0.1, -0.05) is 68.4 Å². The largest absolute Gasteiger partial charge is 0.497 e. The molecule has 1 aliphatic rings. The Kier molecular flexibility index (Phi) is 7.74. The standard InChI is InChI=1S/C30H32N2O4/c1-21(2)28-30(34)31(19-23-10-14-25(35-3)15-11-23)27(18-22-8-6-5-7-9-22)29(33)32(28)20-24-12-16-26(36-4)17-13-24/h5-18,21,28H,19-20H2,1-4H3/b27-18-/t28-/m0/s1. The molecule has 0 radical (unpaired) electrons. The van der Waals surface area contributed by atoms with Gasteiger partial charge in [0.25, 0.3) is 11.8 Å². The predicted octanol–water partition coefficient (Wildman–Crippen LogP) is 5.14. The van der Waals surface area contributed by atoms with Crippen molar-refractivity contribution in [2.75, 3.05) is 14.2 Å². The first kappa shape index (κ1) is 25.0. The van der Waals surface area contributed by atoms with Crippen LogP contribution in [0.4, 0.5) is 0 Å². The third-order valence-electron chi connectivity index (χ3n) is 6.37. The number of hydrogen-bond donors (Lipinski definition) is 0. The van der Waals surface area contributed by atoms with Crippen LogP contribution in [0.5, 0.6) is 11.5 Å². The minimum absolute atomic E-state index is 0.0589. The number of rotatable bonds is 8. The van der Waals surface area contributed by atoms with Crippen molar-refractivity contribution in [2.45, 2.75) is 33.0 Å². The molecule has 3 aromatic carbocycles. The lowest BCUT2D eigenvalue weighted by atomic mass is 9.95. The second-order valence-electron chi connectivity index (χ2n) is 9.18. The monoisotopic (exact) mass is 484 g/mol. The Morgan fingerprint density at radius 3 is 1.81 bits per heavy atom. The summed E-state index contributed by atoms with van der Waals surface area (Å²) in [6.07, 6.45) is 1.81. The van der Waals surface area contributed by atoms with E-state index in [4.69, 9.17) is 9.47 Å². The van der Waals surface area contributed by atoms with Crippen molar-refractivity contribution in [3.63, 3.8) is 0 Å². The summed E-state index contributed by atoms with van der Waals surface area (Å²) < 4.78 is 10.5. The predicted molar refractivity (Wildman–Crippen MR) is 140 cm³/mol. The van der Waals surface area contributed by atoms with E-state index in [-0.39, 0.29) is 17.7 Å². The topological polar surface area (TPSA) is 59.1 Å². The van der Waals surface area contributed by atoms with Crippen molar-refractivity contribution in [3.05, 3.63) is 101 Å². The first-order chi connectivity index (χ1) is 17.4. The van der Waals surface area contributed by atoms with Crippen LogP contribution >= 0.6 is 0 Å². The molecule has 36 heavy (non-hydrogen) atoms. The molecule has 6 heteroatoms. The van der Waals surface area contributed by atoms with Crippen LogP contribution < -0.4 is 9.47 Å². The molecule has 6 nitrogen and oxygen atoms in total. The summed E-state index contributed by atoms with van der Waals surface area (Å²) in [6, 6.07) is 24.2. The fourth-order valence-corrected chi connectivity index (χ4v) is 4.47. The molecule has 0 N–H and O–H groups in total. The summed E-state index contributed by atoms with van der Waals surface area (Å²) in [5, 5.41) is 0. The average molecular weight is 485 g/mol. The molecule has 3 aromatic rings. The van der Waals surface area contributed by atoms with E-state index in [9.17, 15) is 9.59 Å². The molecule has 1 heterocycles. The van der Waals surface area contributed by atoms with Crippen LogP contribution in [-0.2, 0) is 22.7 Å². The third kappa shape index (κ3) is 5.43. The Labute approximate surface area is 212 Å². The molecule has 0 aliphatic carbocycles. The van der Waals surface area contributed by atoms with Crippen LogP contribution in [0.3, 0.4) is 0 Å². The van der Waals surface area contributed by atoms with Gasteiger partial charge in [0.05, 0.1) is 20.8 Å².